The number of Topliss-reactive ketones (excluding diaryl/α,β-unsaturated/α-hetero) is 1. The van der Waals surface area contributed by atoms with Gasteiger partial charge in [-0.25, -0.2) is 4.98 Å². The van der Waals surface area contributed by atoms with Crippen molar-refractivity contribution in [3.63, 3.8) is 0 Å². The molecule has 0 unspecified atom stereocenters. The molecule has 0 saturated carbocycles. The Morgan fingerprint density at radius 1 is 1.25 bits per heavy atom. The molecule has 0 spiro atoms. The highest BCUT2D eigenvalue weighted by Gasteiger charge is 2.25. The number of nitrogens with one attached hydrogen (secondary N) is 1. The Balaban J connectivity index is 2.07. The summed E-state index contributed by atoms with van der Waals surface area (Å²) in [4.78, 5) is 30.6. The van der Waals surface area contributed by atoms with Gasteiger partial charge in [-0.3, -0.25) is 9.59 Å². The molecule has 2 heterocycles. The van der Waals surface area contributed by atoms with Crippen LogP contribution in [0.5, 0.6) is 0 Å². The van der Waals surface area contributed by atoms with Crippen LogP contribution >= 0.6 is 0 Å². The van der Waals surface area contributed by atoms with Crippen molar-refractivity contribution >= 4 is 16.8 Å². The number of carbonyl (C=O) groups excluding carboxylic acids is 1. The molecule has 0 fully saturated rings. The van der Waals surface area contributed by atoms with E-state index in [0.717, 1.165) is 0 Å². The largest absolute Gasteiger partial charge is 0.466 e. The van der Waals surface area contributed by atoms with E-state index in [1.807, 2.05) is 0 Å². The lowest BCUT2D eigenvalue weighted by Crippen LogP contribution is -2.24. The third-order valence-electron chi connectivity index (χ3n) is 2.89. The summed E-state index contributed by atoms with van der Waals surface area (Å²) in [7, 11) is 0. The number of carbonyl (C=O) groups is 1. The van der Waals surface area contributed by atoms with E-state index in [0.29, 0.717) is 11.0 Å². The Labute approximate surface area is 112 Å². The minimum absolute atomic E-state index is 0.0735. The molecule has 0 aliphatic carbocycles. The molecule has 0 saturated heterocycles. The molecular formula is C14H10N2O4. The van der Waals surface area contributed by atoms with Gasteiger partial charge in [-0.15, -0.1) is 0 Å². The van der Waals surface area contributed by atoms with E-state index in [1.54, 1.807) is 30.3 Å². The van der Waals surface area contributed by atoms with Crippen molar-refractivity contribution in [2.75, 3.05) is 0 Å². The summed E-state index contributed by atoms with van der Waals surface area (Å²) in [6, 6.07) is 9.84. The number of nitrogens with zero attached hydrogens (tertiary/aromatic N) is 1. The van der Waals surface area contributed by atoms with E-state index in [2.05, 4.69) is 9.97 Å². The fourth-order valence-corrected chi connectivity index (χ4v) is 1.90. The number of rotatable bonds is 3. The maximum Gasteiger partial charge on any atom is 0.278 e. The number of aliphatic hydroxyl groups is 1. The van der Waals surface area contributed by atoms with Crippen molar-refractivity contribution in [1.29, 1.82) is 0 Å². The summed E-state index contributed by atoms with van der Waals surface area (Å²) in [5.41, 5.74) is 0.0236. The maximum atomic E-state index is 12.1. The summed E-state index contributed by atoms with van der Waals surface area (Å²) in [6.07, 6.45) is -0.205. The lowest BCUT2D eigenvalue weighted by molar-refractivity contribution is 0.0696. The number of aromatic amines is 1. The van der Waals surface area contributed by atoms with E-state index >= 15 is 0 Å². The van der Waals surface area contributed by atoms with Gasteiger partial charge < -0.3 is 14.5 Å². The first kappa shape index (κ1) is 12.3. The number of benzene rings is 1. The lowest BCUT2D eigenvalue weighted by atomic mass is 10.1. The molecule has 6 heteroatoms. The number of furan rings is 1. The number of ketones is 1. The van der Waals surface area contributed by atoms with Crippen molar-refractivity contribution in [3.8, 4) is 0 Å². The summed E-state index contributed by atoms with van der Waals surface area (Å²) in [5, 5.41) is 9.89. The second-order valence-corrected chi connectivity index (χ2v) is 4.21. The second kappa shape index (κ2) is 4.75. The van der Waals surface area contributed by atoms with Crippen LogP contribution in [0.1, 0.15) is 22.4 Å². The first-order valence-corrected chi connectivity index (χ1v) is 5.91. The first-order chi connectivity index (χ1) is 9.66. The smallest absolute Gasteiger partial charge is 0.278 e. The van der Waals surface area contributed by atoms with Crippen molar-refractivity contribution in [2.24, 2.45) is 0 Å². The number of aromatic nitrogens is 2. The molecule has 1 aromatic carbocycles. The van der Waals surface area contributed by atoms with Crippen LogP contribution in [0.25, 0.3) is 11.0 Å². The Morgan fingerprint density at radius 3 is 2.80 bits per heavy atom. The standard InChI is InChI=1S/C14H10N2O4/c17-12(10-6-3-7-20-10)13(18)11-14(19)16-9-5-2-1-4-8(9)15-11/h1-7,12,17H,(H,16,19)/t12-/m1/s1. The summed E-state index contributed by atoms with van der Waals surface area (Å²) >= 11 is 0. The third kappa shape index (κ3) is 2.02. The van der Waals surface area contributed by atoms with Gasteiger partial charge in [-0.2, -0.15) is 0 Å². The van der Waals surface area contributed by atoms with Crippen LogP contribution < -0.4 is 5.56 Å². The minimum Gasteiger partial charge on any atom is -0.466 e. The van der Waals surface area contributed by atoms with Gasteiger partial charge >= 0.3 is 0 Å². The lowest BCUT2D eigenvalue weighted by Gasteiger charge is -2.06. The predicted molar refractivity (Wildman–Crippen MR) is 70.4 cm³/mol. The van der Waals surface area contributed by atoms with Crippen molar-refractivity contribution in [3.05, 3.63) is 64.5 Å². The molecule has 1 atom stereocenters. The minimum atomic E-state index is -1.54. The second-order valence-electron chi connectivity index (χ2n) is 4.21. The van der Waals surface area contributed by atoms with Crippen LogP contribution in [0.3, 0.4) is 0 Å². The van der Waals surface area contributed by atoms with Gasteiger partial charge in [0.1, 0.15) is 5.76 Å². The van der Waals surface area contributed by atoms with Gasteiger partial charge in [0.15, 0.2) is 11.8 Å². The molecule has 100 valence electrons. The van der Waals surface area contributed by atoms with E-state index in [-0.39, 0.29) is 11.5 Å². The zero-order valence-corrected chi connectivity index (χ0v) is 10.2. The predicted octanol–water partition coefficient (Wildman–Crippen LogP) is 1.43. The quantitative estimate of drug-likeness (QED) is 0.702. The van der Waals surface area contributed by atoms with Gasteiger partial charge in [0.25, 0.3) is 5.56 Å². The SMILES string of the molecule is O=C(c1nc2ccccc2[nH]c1=O)[C@H](O)c1ccco1. The maximum absolute atomic E-state index is 12.1. The van der Waals surface area contributed by atoms with Crippen LogP contribution in [0.15, 0.2) is 51.9 Å². The topological polar surface area (TPSA) is 96.2 Å². The molecule has 2 N–H and O–H groups in total. The van der Waals surface area contributed by atoms with E-state index in [1.165, 1.54) is 12.3 Å². The van der Waals surface area contributed by atoms with Crippen LogP contribution in [0, 0.1) is 0 Å². The molecule has 0 bridgehead atoms. The average Bonchev–Trinajstić information content (AvgIpc) is 2.99. The summed E-state index contributed by atoms with van der Waals surface area (Å²) in [5.74, 6) is -0.726. The fraction of sp³-hybridized carbons (Fsp3) is 0.0714. The monoisotopic (exact) mass is 270 g/mol. The molecule has 2 aromatic heterocycles. The molecule has 0 radical (unpaired) electrons. The van der Waals surface area contributed by atoms with E-state index in [9.17, 15) is 14.7 Å². The number of hydrogen-bond donors (Lipinski definition) is 2. The molecule has 0 aliphatic heterocycles. The highest BCUT2D eigenvalue weighted by Crippen LogP contribution is 2.17. The summed E-state index contributed by atoms with van der Waals surface area (Å²) in [6.45, 7) is 0. The van der Waals surface area contributed by atoms with Crippen molar-refractivity contribution in [2.45, 2.75) is 6.10 Å². The number of aliphatic hydroxyl groups excluding tert-OH is 1. The van der Waals surface area contributed by atoms with Crippen LogP contribution in [-0.4, -0.2) is 20.9 Å². The van der Waals surface area contributed by atoms with Crippen LogP contribution in [0.4, 0.5) is 0 Å². The average molecular weight is 270 g/mol. The molecule has 3 rings (SSSR count). The normalized spacial score (nSPS) is 12.4. The molecule has 0 aliphatic rings. The van der Waals surface area contributed by atoms with Gasteiger partial charge in [-0.05, 0) is 24.3 Å². The van der Waals surface area contributed by atoms with Gasteiger partial charge in [-0.1, -0.05) is 12.1 Å². The third-order valence-corrected chi connectivity index (χ3v) is 2.89. The highest BCUT2D eigenvalue weighted by atomic mass is 16.4. The molecule has 3 aromatic rings. The fourth-order valence-electron chi connectivity index (χ4n) is 1.90. The Hall–Kier alpha value is -2.73. The first-order valence-electron chi connectivity index (χ1n) is 5.91. The van der Waals surface area contributed by atoms with Crippen LogP contribution in [0.2, 0.25) is 0 Å². The zero-order chi connectivity index (χ0) is 14.1. The number of fused-ring (bicyclic) bond motifs is 1. The highest BCUT2D eigenvalue weighted by molar-refractivity contribution is 5.98. The molecule has 0 amide bonds. The Bertz CT molecular complexity index is 821. The van der Waals surface area contributed by atoms with Gasteiger partial charge in [0, 0.05) is 0 Å². The van der Waals surface area contributed by atoms with Gasteiger partial charge in [0.2, 0.25) is 5.78 Å². The zero-order valence-electron chi connectivity index (χ0n) is 10.2. The van der Waals surface area contributed by atoms with Gasteiger partial charge in [0.05, 0.1) is 17.3 Å². The number of H-pyrrole nitrogens is 1. The number of para-hydroxylation sites is 2. The van der Waals surface area contributed by atoms with Crippen molar-refractivity contribution in [1.82, 2.24) is 9.97 Å². The molecular weight excluding hydrogens is 260 g/mol. The molecule has 6 nitrogen and oxygen atoms in total. The molecule has 20 heavy (non-hydrogen) atoms. The Kier molecular flexibility index (Phi) is 2.92. The van der Waals surface area contributed by atoms with E-state index < -0.39 is 17.4 Å². The van der Waals surface area contributed by atoms with E-state index in [4.69, 9.17) is 4.42 Å². The number of hydrogen-bond acceptors (Lipinski definition) is 5. The van der Waals surface area contributed by atoms with Crippen LogP contribution in [-0.2, 0) is 0 Å². The summed E-state index contributed by atoms with van der Waals surface area (Å²) < 4.78 is 4.95. The Morgan fingerprint density at radius 2 is 2.05 bits per heavy atom. The van der Waals surface area contributed by atoms with Crippen molar-refractivity contribution < 1.29 is 14.3 Å².